The van der Waals surface area contributed by atoms with Crippen molar-refractivity contribution in [3.63, 3.8) is 0 Å². The van der Waals surface area contributed by atoms with E-state index in [1.807, 2.05) is 30.3 Å². The van der Waals surface area contributed by atoms with Gasteiger partial charge in [-0.3, -0.25) is 20.1 Å². The van der Waals surface area contributed by atoms with Gasteiger partial charge in [-0.25, -0.2) is 4.98 Å². The third kappa shape index (κ3) is 6.32. The van der Waals surface area contributed by atoms with Gasteiger partial charge in [-0.2, -0.15) is 10.2 Å². The van der Waals surface area contributed by atoms with E-state index in [1.54, 1.807) is 11.2 Å². The molecule has 2 N–H and O–H groups in total. The third-order valence-corrected chi connectivity index (χ3v) is 7.38. The molecule has 0 radical (unpaired) electrons. The van der Waals surface area contributed by atoms with E-state index in [-0.39, 0.29) is 18.3 Å². The molecule has 1 aromatic carbocycles. The lowest BCUT2D eigenvalue weighted by Gasteiger charge is -2.31. The Balaban J connectivity index is 1.43. The quantitative estimate of drug-likeness (QED) is 0.505. The zero-order chi connectivity index (χ0) is 23.9. The SMILES string of the molecule is N#Cc1ncc(Br)c(N(CC2CCCC2)NC(=O)c2ccc(CN3CCC(CO)CC3)cc2)n1. The predicted molar refractivity (Wildman–Crippen MR) is 133 cm³/mol. The van der Waals surface area contributed by atoms with Crippen LogP contribution < -0.4 is 10.4 Å². The first-order chi connectivity index (χ1) is 16.6. The van der Waals surface area contributed by atoms with E-state index in [0.717, 1.165) is 45.3 Å². The van der Waals surface area contributed by atoms with Gasteiger partial charge in [0.2, 0.25) is 5.82 Å². The number of likely N-dealkylation sites (tertiary alicyclic amines) is 1. The first-order valence-corrected chi connectivity index (χ1v) is 12.8. The molecular formula is C25H31BrN6O2. The van der Waals surface area contributed by atoms with Gasteiger partial charge in [-0.05, 0) is 84.2 Å². The Morgan fingerprint density at radius 3 is 2.53 bits per heavy atom. The van der Waals surface area contributed by atoms with Crippen LogP contribution >= 0.6 is 15.9 Å². The fraction of sp³-hybridized carbons (Fsp3) is 0.520. The van der Waals surface area contributed by atoms with Crippen molar-refractivity contribution in [1.29, 1.82) is 5.26 Å². The van der Waals surface area contributed by atoms with Crippen molar-refractivity contribution in [2.75, 3.05) is 31.3 Å². The number of rotatable bonds is 8. The number of hydrazine groups is 1. The van der Waals surface area contributed by atoms with Crippen molar-refractivity contribution in [2.45, 2.75) is 45.1 Å². The summed E-state index contributed by atoms with van der Waals surface area (Å²) in [5.41, 5.74) is 4.75. The first kappa shape index (κ1) is 24.6. The molecule has 34 heavy (non-hydrogen) atoms. The van der Waals surface area contributed by atoms with E-state index < -0.39 is 0 Å². The van der Waals surface area contributed by atoms with E-state index in [9.17, 15) is 15.2 Å². The average Bonchev–Trinajstić information content (AvgIpc) is 3.38. The molecule has 0 unspecified atom stereocenters. The molecule has 4 rings (SSSR count). The van der Waals surface area contributed by atoms with Crippen molar-refractivity contribution in [2.24, 2.45) is 11.8 Å². The van der Waals surface area contributed by atoms with E-state index in [2.05, 4.69) is 36.2 Å². The van der Waals surface area contributed by atoms with E-state index in [4.69, 9.17) is 0 Å². The smallest absolute Gasteiger partial charge is 0.269 e. The average molecular weight is 527 g/mol. The second kappa shape index (κ2) is 11.7. The molecule has 9 heteroatoms. The number of carbonyl (C=O) groups is 1. The first-order valence-electron chi connectivity index (χ1n) is 12.0. The Morgan fingerprint density at radius 2 is 1.88 bits per heavy atom. The molecule has 2 aromatic rings. The van der Waals surface area contributed by atoms with Crippen LogP contribution in [0.2, 0.25) is 0 Å². The van der Waals surface area contributed by atoms with Crippen molar-refractivity contribution in [3.8, 4) is 6.07 Å². The molecule has 0 bridgehead atoms. The number of hydrogen-bond donors (Lipinski definition) is 2. The summed E-state index contributed by atoms with van der Waals surface area (Å²) in [4.78, 5) is 23.9. The van der Waals surface area contributed by atoms with Gasteiger partial charge in [0.1, 0.15) is 6.07 Å². The number of nitrogens with zero attached hydrogens (tertiary/aromatic N) is 5. The lowest BCUT2D eigenvalue weighted by Crippen LogP contribution is -2.45. The molecule has 1 saturated carbocycles. The Hall–Kier alpha value is -2.54. The fourth-order valence-corrected chi connectivity index (χ4v) is 5.18. The standard InChI is InChI=1S/C25H31BrN6O2/c26-22-14-28-23(13-27)29-24(22)32(16-18-3-1-2-4-18)30-25(34)21-7-5-19(6-8-21)15-31-11-9-20(17-33)10-12-31/h5-8,14,18,20,33H,1-4,9-12,15-17H2,(H,30,34). The number of aliphatic hydroxyl groups is 1. The molecule has 180 valence electrons. The number of halogens is 1. The molecule has 1 aliphatic carbocycles. The zero-order valence-corrected chi connectivity index (χ0v) is 20.9. The second-order valence-corrected chi connectivity index (χ2v) is 10.1. The van der Waals surface area contributed by atoms with Gasteiger partial charge in [0.15, 0.2) is 5.82 Å². The summed E-state index contributed by atoms with van der Waals surface area (Å²) < 4.78 is 0.630. The molecule has 1 aliphatic heterocycles. The molecule has 2 heterocycles. The number of anilines is 1. The molecule has 0 atom stereocenters. The van der Waals surface area contributed by atoms with Gasteiger partial charge in [0.05, 0.1) is 4.47 Å². The highest BCUT2D eigenvalue weighted by Crippen LogP contribution is 2.29. The van der Waals surface area contributed by atoms with Crippen LogP contribution in [0.15, 0.2) is 34.9 Å². The molecule has 1 aromatic heterocycles. The second-order valence-electron chi connectivity index (χ2n) is 9.28. The summed E-state index contributed by atoms with van der Waals surface area (Å²) in [6.07, 6.45) is 8.22. The van der Waals surface area contributed by atoms with Crippen molar-refractivity contribution < 1.29 is 9.90 Å². The number of carbonyl (C=O) groups excluding carboxylic acids is 1. The monoisotopic (exact) mass is 526 g/mol. The number of benzene rings is 1. The van der Waals surface area contributed by atoms with Gasteiger partial charge in [-0.15, -0.1) is 0 Å². The highest BCUT2D eigenvalue weighted by molar-refractivity contribution is 9.10. The minimum Gasteiger partial charge on any atom is -0.396 e. The van der Waals surface area contributed by atoms with Crippen LogP contribution in [0.25, 0.3) is 0 Å². The Kier molecular flexibility index (Phi) is 8.48. The van der Waals surface area contributed by atoms with Crippen LogP contribution in [0.3, 0.4) is 0 Å². The molecule has 0 spiro atoms. The minimum absolute atomic E-state index is 0.0660. The van der Waals surface area contributed by atoms with Gasteiger partial charge in [0, 0.05) is 31.5 Å². The summed E-state index contributed by atoms with van der Waals surface area (Å²) in [6, 6.07) is 9.69. The topological polar surface area (TPSA) is 105 Å². The van der Waals surface area contributed by atoms with Crippen molar-refractivity contribution >= 4 is 27.7 Å². The normalized spacial score (nSPS) is 17.4. The maximum Gasteiger partial charge on any atom is 0.269 e. The molecule has 1 amide bonds. The number of piperidine rings is 1. The number of aliphatic hydroxyl groups excluding tert-OH is 1. The van der Waals surface area contributed by atoms with Crippen LogP contribution in [-0.2, 0) is 6.54 Å². The van der Waals surface area contributed by atoms with Gasteiger partial charge in [0.25, 0.3) is 5.91 Å². The van der Waals surface area contributed by atoms with Crippen molar-refractivity contribution in [1.82, 2.24) is 20.3 Å². The molecule has 1 saturated heterocycles. The Labute approximate surface area is 209 Å². The van der Waals surface area contributed by atoms with Crippen LogP contribution in [0.5, 0.6) is 0 Å². The van der Waals surface area contributed by atoms with Gasteiger partial charge < -0.3 is 5.11 Å². The van der Waals surface area contributed by atoms with Crippen molar-refractivity contribution in [3.05, 3.63) is 51.9 Å². The summed E-state index contributed by atoms with van der Waals surface area (Å²) in [5, 5.41) is 20.3. The largest absolute Gasteiger partial charge is 0.396 e. The van der Waals surface area contributed by atoms with Crippen LogP contribution in [0, 0.1) is 23.2 Å². The number of hydrogen-bond acceptors (Lipinski definition) is 7. The van der Waals surface area contributed by atoms with Crippen LogP contribution in [0.1, 0.15) is 60.3 Å². The van der Waals surface area contributed by atoms with Crippen LogP contribution in [-0.4, -0.2) is 52.1 Å². The molecule has 8 nitrogen and oxygen atoms in total. The summed E-state index contributed by atoms with van der Waals surface area (Å²) in [6.45, 7) is 3.73. The lowest BCUT2D eigenvalue weighted by molar-refractivity contribution is 0.0946. The predicted octanol–water partition coefficient (Wildman–Crippen LogP) is 3.66. The maximum absolute atomic E-state index is 13.1. The molecule has 2 fully saturated rings. The summed E-state index contributed by atoms with van der Waals surface area (Å²) >= 11 is 3.47. The molecular weight excluding hydrogens is 496 g/mol. The summed E-state index contributed by atoms with van der Waals surface area (Å²) in [5.74, 6) is 1.24. The minimum atomic E-state index is -0.211. The highest BCUT2D eigenvalue weighted by Gasteiger charge is 2.24. The Bertz CT molecular complexity index is 1010. The number of amides is 1. The Morgan fingerprint density at radius 1 is 1.18 bits per heavy atom. The number of aromatic nitrogens is 2. The molecule has 2 aliphatic rings. The van der Waals surface area contributed by atoms with Gasteiger partial charge >= 0.3 is 0 Å². The fourth-order valence-electron chi connectivity index (χ4n) is 4.77. The van der Waals surface area contributed by atoms with E-state index in [0.29, 0.717) is 34.2 Å². The summed E-state index contributed by atoms with van der Waals surface area (Å²) in [7, 11) is 0. The van der Waals surface area contributed by atoms with Crippen LogP contribution in [0.4, 0.5) is 5.82 Å². The number of nitrogens with one attached hydrogen (secondary N) is 1. The van der Waals surface area contributed by atoms with Gasteiger partial charge in [-0.1, -0.05) is 25.0 Å². The third-order valence-electron chi connectivity index (χ3n) is 6.82. The zero-order valence-electron chi connectivity index (χ0n) is 19.3. The van der Waals surface area contributed by atoms with E-state index in [1.165, 1.54) is 18.4 Å². The maximum atomic E-state index is 13.1. The highest BCUT2D eigenvalue weighted by atomic mass is 79.9. The lowest BCUT2D eigenvalue weighted by atomic mass is 9.97. The van der Waals surface area contributed by atoms with E-state index >= 15 is 0 Å². The number of nitriles is 1.